The van der Waals surface area contributed by atoms with E-state index in [0.29, 0.717) is 15.6 Å². The van der Waals surface area contributed by atoms with Gasteiger partial charge in [0.2, 0.25) is 0 Å². The van der Waals surface area contributed by atoms with Gasteiger partial charge in [-0.2, -0.15) is 5.01 Å². The zero-order chi connectivity index (χ0) is 29.3. The van der Waals surface area contributed by atoms with Gasteiger partial charge in [0.05, 0.1) is 11.8 Å². The van der Waals surface area contributed by atoms with Crippen LogP contribution in [0.2, 0.25) is 10.0 Å². The number of halogens is 2. The highest BCUT2D eigenvalue weighted by Crippen LogP contribution is 2.61. The Bertz CT molecular complexity index is 1670. The molecule has 1 saturated heterocycles. The maximum atomic E-state index is 14.5. The Balaban J connectivity index is 1.35. The van der Waals surface area contributed by atoms with Gasteiger partial charge in [0, 0.05) is 33.0 Å². The second kappa shape index (κ2) is 9.93. The molecule has 1 fully saturated rings. The number of hydrazine groups is 1. The summed E-state index contributed by atoms with van der Waals surface area (Å²) in [5.74, 6) is -4.14. The van der Waals surface area contributed by atoms with Crippen molar-refractivity contribution in [3.8, 4) is 0 Å². The summed E-state index contributed by atoms with van der Waals surface area (Å²) >= 11 is 12.1. The average molecular weight is 595 g/mol. The predicted octanol–water partition coefficient (Wildman–Crippen LogP) is 6.51. The molecule has 0 radical (unpaired) electrons. The minimum atomic E-state index is -1.18. The highest BCUT2D eigenvalue weighted by Gasteiger charge is 2.63. The SMILES string of the molecule is C[C@H](C(=O)c1ccc(Cl)cc1)N(C(=O)c1ccc(Cl)cc1)N1C(=O)[C@@H]2C3c4ccccc4C(c4ccccc43)[C@H]2C1=O. The van der Waals surface area contributed by atoms with Crippen molar-refractivity contribution < 1.29 is 19.2 Å². The Kier molecular flexibility index (Phi) is 6.30. The van der Waals surface area contributed by atoms with Gasteiger partial charge in [0.15, 0.2) is 5.78 Å². The van der Waals surface area contributed by atoms with Crippen LogP contribution in [0.5, 0.6) is 0 Å². The fourth-order valence-corrected chi connectivity index (χ4v) is 7.26. The number of benzene rings is 4. The van der Waals surface area contributed by atoms with E-state index in [0.717, 1.165) is 32.3 Å². The summed E-state index contributed by atoms with van der Waals surface area (Å²) < 4.78 is 0. The van der Waals surface area contributed by atoms with E-state index in [2.05, 4.69) is 0 Å². The lowest BCUT2D eigenvalue weighted by Crippen LogP contribution is -2.56. The fourth-order valence-electron chi connectivity index (χ4n) is 7.01. The maximum Gasteiger partial charge on any atom is 0.273 e. The van der Waals surface area contributed by atoms with E-state index in [-0.39, 0.29) is 17.4 Å². The zero-order valence-corrected chi connectivity index (χ0v) is 23.9. The third-order valence-corrected chi connectivity index (χ3v) is 9.32. The highest BCUT2D eigenvalue weighted by molar-refractivity contribution is 6.31. The number of Topliss-reactive ketones (excluding diaryl/α,β-unsaturated/α-hetero) is 1. The van der Waals surface area contributed by atoms with E-state index >= 15 is 0 Å². The van der Waals surface area contributed by atoms with Gasteiger partial charge in [-0.05, 0) is 77.7 Å². The Morgan fingerprint density at radius 1 is 0.643 bits per heavy atom. The molecular formula is C34H24Cl2N2O4. The third kappa shape index (κ3) is 3.86. The first-order chi connectivity index (χ1) is 20.3. The minimum Gasteiger partial charge on any atom is -0.292 e. The lowest BCUT2D eigenvalue weighted by atomic mass is 9.55. The lowest BCUT2D eigenvalue weighted by molar-refractivity contribution is -0.156. The summed E-state index contributed by atoms with van der Waals surface area (Å²) in [5, 5.41) is 2.87. The van der Waals surface area contributed by atoms with Gasteiger partial charge in [-0.1, -0.05) is 71.7 Å². The van der Waals surface area contributed by atoms with Crippen LogP contribution in [0, 0.1) is 11.8 Å². The molecule has 1 heterocycles. The van der Waals surface area contributed by atoms with Crippen LogP contribution in [0.15, 0.2) is 97.1 Å². The summed E-state index contributed by atoms with van der Waals surface area (Å²) in [4.78, 5) is 56.8. The van der Waals surface area contributed by atoms with Crippen molar-refractivity contribution in [1.82, 2.24) is 10.0 Å². The van der Waals surface area contributed by atoms with Crippen LogP contribution in [0.4, 0.5) is 0 Å². The number of hydrogen-bond donors (Lipinski definition) is 0. The van der Waals surface area contributed by atoms with Crippen LogP contribution in [-0.2, 0) is 9.59 Å². The molecule has 2 bridgehead atoms. The van der Waals surface area contributed by atoms with E-state index in [1.165, 1.54) is 19.1 Å². The third-order valence-electron chi connectivity index (χ3n) is 8.81. The minimum absolute atomic E-state index is 0.195. The lowest BCUT2D eigenvalue weighted by Gasteiger charge is -2.45. The topological polar surface area (TPSA) is 74.8 Å². The van der Waals surface area contributed by atoms with Gasteiger partial charge in [0.25, 0.3) is 17.7 Å². The summed E-state index contributed by atoms with van der Waals surface area (Å²) in [6.45, 7) is 1.53. The molecule has 4 aliphatic rings. The number of carbonyl (C=O) groups is 4. The van der Waals surface area contributed by atoms with Crippen LogP contribution in [-0.4, -0.2) is 39.6 Å². The molecule has 0 saturated carbocycles. The molecule has 42 heavy (non-hydrogen) atoms. The van der Waals surface area contributed by atoms with Gasteiger partial charge >= 0.3 is 0 Å². The number of imide groups is 1. The molecule has 8 rings (SSSR count). The Morgan fingerprint density at radius 2 is 1.02 bits per heavy atom. The first-order valence-corrected chi connectivity index (χ1v) is 14.5. The number of nitrogens with zero attached hydrogens (tertiary/aromatic N) is 2. The molecule has 208 valence electrons. The largest absolute Gasteiger partial charge is 0.292 e. The Labute approximate surface area is 252 Å². The van der Waals surface area contributed by atoms with E-state index < -0.39 is 41.4 Å². The van der Waals surface area contributed by atoms with E-state index in [9.17, 15) is 19.2 Å². The predicted molar refractivity (Wildman–Crippen MR) is 158 cm³/mol. The van der Waals surface area contributed by atoms with Crippen LogP contribution in [0.3, 0.4) is 0 Å². The van der Waals surface area contributed by atoms with Crippen LogP contribution in [0.1, 0.15) is 61.7 Å². The van der Waals surface area contributed by atoms with Crippen molar-refractivity contribution in [2.45, 2.75) is 24.8 Å². The van der Waals surface area contributed by atoms with Crippen LogP contribution in [0.25, 0.3) is 0 Å². The molecule has 0 aromatic heterocycles. The molecule has 3 aliphatic carbocycles. The number of carbonyl (C=O) groups excluding carboxylic acids is 4. The second-order valence-electron chi connectivity index (χ2n) is 11.0. The first kappa shape index (κ1) is 26.6. The molecule has 0 N–H and O–H groups in total. The van der Waals surface area contributed by atoms with Crippen molar-refractivity contribution in [3.05, 3.63) is 140 Å². The van der Waals surface area contributed by atoms with E-state index in [1.54, 1.807) is 36.4 Å². The molecule has 3 amide bonds. The van der Waals surface area contributed by atoms with Crippen LogP contribution < -0.4 is 0 Å². The second-order valence-corrected chi connectivity index (χ2v) is 11.8. The van der Waals surface area contributed by atoms with Crippen molar-refractivity contribution in [2.75, 3.05) is 0 Å². The summed E-state index contributed by atoms with van der Waals surface area (Å²) in [7, 11) is 0. The van der Waals surface area contributed by atoms with Gasteiger partial charge in [-0.15, -0.1) is 0 Å². The van der Waals surface area contributed by atoms with E-state index in [4.69, 9.17) is 23.2 Å². The van der Waals surface area contributed by atoms with E-state index in [1.807, 2.05) is 48.5 Å². The van der Waals surface area contributed by atoms with Gasteiger partial charge in [-0.25, -0.2) is 5.01 Å². The Hall–Kier alpha value is -4.26. The standard InChI is InChI=1S/C34H24Cl2N2O4/c1-18(31(39)19-10-14-21(35)15-11-19)37(32(40)20-12-16-22(36)17-13-20)38-33(41)29-27-23-6-2-3-7-24(23)28(30(29)34(38)42)26-9-5-4-8-25(26)27/h2-18,27-30H,1H3/t18-,27?,28?,29-,30-/m1/s1. The molecule has 0 spiro atoms. The van der Waals surface area contributed by atoms with Crippen LogP contribution >= 0.6 is 23.2 Å². The number of amides is 3. The number of hydrogen-bond acceptors (Lipinski definition) is 4. The maximum absolute atomic E-state index is 14.5. The molecule has 3 atom stereocenters. The zero-order valence-electron chi connectivity index (χ0n) is 22.4. The summed E-state index contributed by atoms with van der Waals surface area (Å²) in [6, 6.07) is 27.1. The van der Waals surface area contributed by atoms with Gasteiger partial charge in [0.1, 0.15) is 6.04 Å². The summed E-state index contributed by atoms with van der Waals surface area (Å²) in [6.07, 6.45) is 0. The normalized spacial score (nSPS) is 22.3. The number of rotatable bonds is 5. The quantitative estimate of drug-likeness (QED) is 0.195. The Morgan fingerprint density at radius 3 is 1.43 bits per heavy atom. The van der Waals surface area contributed by atoms with Crippen molar-refractivity contribution in [1.29, 1.82) is 0 Å². The molecule has 1 aliphatic heterocycles. The highest BCUT2D eigenvalue weighted by atomic mass is 35.5. The van der Waals surface area contributed by atoms with Crippen molar-refractivity contribution in [3.63, 3.8) is 0 Å². The van der Waals surface area contributed by atoms with Gasteiger partial charge < -0.3 is 0 Å². The summed E-state index contributed by atoms with van der Waals surface area (Å²) in [5.41, 5.74) is 4.58. The van der Waals surface area contributed by atoms with Crippen molar-refractivity contribution >= 4 is 46.7 Å². The monoisotopic (exact) mass is 594 g/mol. The van der Waals surface area contributed by atoms with Gasteiger partial charge in [-0.3, -0.25) is 19.2 Å². The fraction of sp³-hybridized carbons (Fsp3) is 0.176. The molecule has 6 nitrogen and oxygen atoms in total. The molecule has 0 unspecified atom stereocenters. The van der Waals surface area contributed by atoms with Crippen molar-refractivity contribution in [2.24, 2.45) is 11.8 Å². The average Bonchev–Trinajstić information content (AvgIpc) is 3.27. The molecule has 4 aromatic carbocycles. The smallest absolute Gasteiger partial charge is 0.273 e. The molecule has 4 aromatic rings. The first-order valence-electron chi connectivity index (χ1n) is 13.7. The molecular weight excluding hydrogens is 571 g/mol. The number of ketones is 1. The molecule has 8 heteroatoms.